The van der Waals surface area contributed by atoms with Crippen LogP contribution in [-0.2, 0) is 0 Å². The summed E-state index contributed by atoms with van der Waals surface area (Å²) in [5.41, 5.74) is 10.3. The van der Waals surface area contributed by atoms with Gasteiger partial charge in [0, 0.05) is 16.1 Å². The largest absolute Gasteiger partial charge is 0.399 e. The standard InChI is InChI=1S/C13H13N3OS/c1-9-6-7-18-12(9)8-15-16-13(17)10-2-4-11(14)5-3-10/h2-8H,14H2,1H3,(H,16,17)/b15-8-. The Bertz CT molecular complexity index is 572. The molecule has 0 aliphatic heterocycles. The molecule has 2 rings (SSSR count). The van der Waals surface area contributed by atoms with Crippen molar-refractivity contribution in [2.24, 2.45) is 5.10 Å². The summed E-state index contributed by atoms with van der Waals surface area (Å²) in [7, 11) is 0. The Morgan fingerprint density at radius 3 is 2.67 bits per heavy atom. The third kappa shape index (κ3) is 2.95. The van der Waals surface area contributed by atoms with Gasteiger partial charge in [-0.2, -0.15) is 5.10 Å². The van der Waals surface area contributed by atoms with Gasteiger partial charge in [-0.15, -0.1) is 11.3 Å². The van der Waals surface area contributed by atoms with Gasteiger partial charge in [0.1, 0.15) is 0 Å². The molecule has 0 saturated heterocycles. The van der Waals surface area contributed by atoms with Crippen LogP contribution in [0.1, 0.15) is 20.8 Å². The molecule has 0 atom stereocenters. The van der Waals surface area contributed by atoms with Crippen molar-refractivity contribution in [1.82, 2.24) is 5.43 Å². The molecule has 1 heterocycles. The highest BCUT2D eigenvalue weighted by Crippen LogP contribution is 2.12. The van der Waals surface area contributed by atoms with Crippen molar-refractivity contribution >= 4 is 29.1 Å². The van der Waals surface area contributed by atoms with Crippen LogP contribution in [0.25, 0.3) is 0 Å². The second-order valence-corrected chi connectivity index (χ2v) is 4.74. The average molecular weight is 259 g/mol. The summed E-state index contributed by atoms with van der Waals surface area (Å²) < 4.78 is 0. The van der Waals surface area contributed by atoms with Gasteiger partial charge in [-0.3, -0.25) is 4.79 Å². The lowest BCUT2D eigenvalue weighted by Gasteiger charge is -1.99. The molecule has 0 aliphatic carbocycles. The van der Waals surface area contributed by atoms with E-state index in [0.29, 0.717) is 11.3 Å². The molecule has 0 unspecified atom stereocenters. The van der Waals surface area contributed by atoms with Gasteiger partial charge >= 0.3 is 0 Å². The summed E-state index contributed by atoms with van der Waals surface area (Å²) in [6.45, 7) is 2.00. The molecule has 1 amide bonds. The van der Waals surface area contributed by atoms with E-state index in [4.69, 9.17) is 5.73 Å². The zero-order valence-electron chi connectivity index (χ0n) is 9.88. The Morgan fingerprint density at radius 2 is 2.06 bits per heavy atom. The first kappa shape index (κ1) is 12.3. The number of carbonyl (C=O) groups excluding carboxylic acids is 1. The van der Waals surface area contributed by atoms with Crippen molar-refractivity contribution < 1.29 is 4.79 Å². The monoisotopic (exact) mass is 259 g/mol. The predicted molar refractivity (Wildman–Crippen MR) is 75.0 cm³/mol. The van der Waals surface area contributed by atoms with Gasteiger partial charge in [-0.05, 0) is 48.2 Å². The van der Waals surface area contributed by atoms with Crippen molar-refractivity contribution in [3.63, 3.8) is 0 Å². The first-order valence-corrected chi connectivity index (χ1v) is 6.28. The Kier molecular flexibility index (Phi) is 3.74. The molecule has 92 valence electrons. The lowest BCUT2D eigenvalue weighted by Crippen LogP contribution is -2.17. The SMILES string of the molecule is Cc1ccsc1/C=N\NC(=O)c1ccc(N)cc1. The summed E-state index contributed by atoms with van der Waals surface area (Å²) in [6, 6.07) is 8.70. The molecule has 0 fully saturated rings. The maximum absolute atomic E-state index is 11.7. The van der Waals surface area contributed by atoms with Gasteiger partial charge < -0.3 is 5.73 Å². The molecule has 0 radical (unpaired) electrons. The van der Waals surface area contributed by atoms with E-state index in [1.165, 1.54) is 0 Å². The fraction of sp³-hybridized carbons (Fsp3) is 0.0769. The van der Waals surface area contributed by atoms with E-state index in [9.17, 15) is 4.79 Å². The maximum atomic E-state index is 11.7. The van der Waals surface area contributed by atoms with E-state index in [0.717, 1.165) is 10.4 Å². The summed E-state index contributed by atoms with van der Waals surface area (Å²) in [5.74, 6) is -0.250. The van der Waals surface area contributed by atoms with Crippen LogP contribution in [0.3, 0.4) is 0 Å². The summed E-state index contributed by atoms with van der Waals surface area (Å²) in [5, 5.41) is 5.91. The smallest absolute Gasteiger partial charge is 0.271 e. The molecule has 4 nitrogen and oxygen atoms in total. The molecule has 0 spiro atoms. The van der Waals surface area contributed by atoms with Crippen LogP contribution in [0.4, 0.5) is 5.69 Å². The van der Waals surface area contributed by atoms with E-state index in [1.807, 2.05) is 18.4 Å². The van der Waals surface area contributed by atoms with Gasteiger partial charge in [-0.25, -0.2) is 5.43 Å². The third-order valence-electron chi connectivity index (χ3n) is 2.42. The minimum absolute atomic E-state index is 0.250. The summed E-state index contributed by atoms with van der Waals surface area (Å²) in [6.07, 6.45) is 1.65. The molecular weight excluding hydrogens is 246 g/mol. The van der Waals surface area contributed by atoms with Crippen molar-refractivity contribution in [1.29, 1.82) is 0 Å². The number of thiophene rings is 1. The maximum Gasteiger partial charge on any atom is 0.271 e. The predicted octanol–water partition coefficient (Wildman–Crippen LogP) is 2.40. The van der Waals surface area contributed by atoms with Crippen LogP contribution in [0.2, 0.25) is 0 Å². The van der Waals surface area contributed by atoms with Crippen LogP contribution in [0, 0.1) is 6.92 Å². The highest BCUT2D eigenvalue weighted by Gasteiger charge is 2.03. The fourth-order valence-corrected chi connectivity index (χ4v) is 2.15. The number of nitrogens with one attached hydrogen (secondary N) is 1. The number of hydrogen-bond acceptors (Lipinski definition) is 4. The zero-order valence-corrected chi connectivity index (χ0v) is 10.7. The van der Waals surface area contributed by atoms with Crippen LogP contribution in [-0.4, -0.2) is 12.1 Å². The second-order valence-electron chi connectivity index (χ2n) is 3.79. The molecule has 0 aliphatic rings. The number of rotatable bonds is 3. The van der Waals surface area contributed by atoms with E-state index >= 15 is 0 Å². The molecule has 5 heteroatoms. The highest BCUT2D eigenvalue weighted by molar-refractivity contribution is 7.11. The zero-order chi connectivity index (χ0) is 13.0. The highest BCUT2D eigenvalue weighted by atomic mass is 32.1. The number of aryl methyl sites for hydroxylation is 1. The first-order chi connectivity index (χ1) is 8.66. The number of benzene rings is 1. The lowest BCUT2D eigenvalue weighted by atomic mass is 10.2. The minimum Gasteiger partial charge on any atom is -0.399 e. The molecule has 18 heavy (non-hydrogen) atoms. The molecule has 0 saturated carbocycles. The lowest BCUT2D eigenvalue weighted by molar-refractivity contribution is 0.0955. The van der Waals surface area contributed by atoms with Gasteiger partial charge in [0.15, 0.2) is 0 Å². The third-order valence-corrected chi connectivity index (χ3v) is 3.38. The molecule has 3 N–H and O–H groups in total. The number of nitrogen functional groups attached to an aromatic ring is 1. The van der Waals surface area contributed by atoms with Crippen molar-refractivity contribution in [2.45, 2.75) is 6.92 Å². The van der Waals surface area contributed by atoms with Crippen molar-refractivity contribution in [3.8, 4) is 0 Å². The Labute approximate surface area is 109 Å². The van der Waals surface area contributed by atoms with Crippen molar-refractivity contribution in [2.75, 3.05) is 5.73 Å². The van der Waals surface area contributed by atoms with Crippen molar-refractivity contribution in [3.05, 3.63) is 51.7 Å². The number of anilines is 1. The number of carbonyl (C=O) groups is 1. The fourth-order valence-electron chi connectivity index (χ4n) is 1.37. The molecule has 2 aromatic rings. The number of amides is 1. The van der Waals surface area contributed by atoms with Gasteiger partial charge in [0.25, 0.3) is 5.91 Å². The van der Waals surface area contributed by atoms with Crippen LogP contribution in [0.15, 0.2) is 40.8 Å². The van der Waals surface area contributed by atoms with Crippen LogP contribution >= 0.6 is 11.3 Å². The Hall–Kier alpha value is -2.14. The topological polar surface area (TPSA) is 67.5 Å². The van der Waals surface area contributed by atoms with Crippen LogP contribution < -0.4 is 11.2 Å². The Morgan fingerprint density at radius 1 is 1.33 bits per heavy atom. The Balaban J connectivity index is 1.98. The van der Waals surface area contributed by atoms with E-state index in [2.05, 4.69) is 10.5 Å². The molecule has 1 aromatic carbocycles. The van der Waals surface area contributed by atoms with Gasteiger partial charge in [0.05, 0.1) is 6.21 Å². The quantitative estimate of drug-likeness (QED) is 0.505. The molecule has 1 aromatic heterocycles. The van der Waals surface area contributed by atoms with E-state index in [1.54, 1.807) is 41.8 Å². The number of hydrazone groups is 1. The van der Waals surface area contributed by atoms with E-state index in [-0.39, 0.29) is 5.91 Å². The second kappa shape index (κ2) is 5.46. The van der Waals surface area contributed by atoms with Crippen LogP contribution in [0.5, 0.6) is 0 Å². The molecular formula is C13H13N3OS. The number of hydrogen-bond donors (Lipinski definition) is 2. The van der Waals surface area contributed by atoms with Gasteiger partial charge in [0.2, 0.25) is 0 Å². The number of nitrogens with zero attached hydrogens (tertiary/aromatic N) is 1. The summed E-state index contributed by atoms with van der Waals surface area (Å²) in [4.78, 5) is 12.7. The normalized spacial score (nSPS) is 10.7. The number of nitrogens with two attached hydrogens (primary N) is 1. The minimum atomic E-state index is -0.250. The summed E-state index contributed by atoms with van der Waals surface area (Å²) >= 11 is 1.58. The molecule has 0 bridgehead atoms. The van der Waals surface area contributed by atoms with Gasteiger partial charge in [-0.1, -0.05) is 0 Å². The first-order valence-electron chi connectivity index (χ1n) is 5.40. The van der Waals surface area contributed by atoms with E-state index < -0.39 is 0 Å². The average Bonchev–Trinajstić information content (AvgIpc) is 2.76.